The number of nitrogens with zero attached hydrogens (tertiary/aromatic N) is 1. The lowest BCUT2D eigenvalue weighted by Crippen LogP contribution is -2.18. The molecule has 2 aromatic rings. The average Bonchev–Trinajstić information content (AvgIpc) is 2.49. The zero-order valence-corrected chi connectivity index (χ0v) is 10.8. The number of hydrogen-bond donors (Lipinski definition) is 2. The quantitative estimate of drug-likeness (QED) is 0.813. The third-order valence-corrected chi connectivity index (χ3v) is 2.51. The van der Waals surface area contributed by atoms with Gasteiger partial charge in [-0.2, -0.15) is 0 Å². The standard InChI is InChI=1S/C14H13N3O3/c1-15-14(19)13-8-12(6-7-16-13)20-11-4-2-10(3-5-11)17-9-18/h2-9H,1H3,(H,15,19)(H,17,18). The van der Waals surface area contributed by atoms with E-state index in [1.807, 2.05) is 0 Å². The molecule has 20 heavy (non-hydrogen) atoms. The summed E-state index contributed by atoms with van der Waals surface area (Å²) in [6.45, 7) is 0. The number of benzene rings is 1. The summed E-state index contributed by atoms with van der Waals surface area (Å²) in [5.74, 6) is 0.825. The van der Waals surface area contributed by atoms with Gasteiger partial charge in [0.05, 0.1) is 0 Å². The molecule has 0 aliphatic rings. The number of ether oxygens (including phenoxy) is 1. The molecule has 0 aliphatic carbocycles. The van der Waals surface area contributed by atoms with Crippen molar-refractivity contribution in [2.24, 2.45) is 0 Å². The summed E-state index contributed by atoms with van der Waals surface area (Å²) in [6, 6.07) is 10.1. The first-order valence-electron chi connectivity index (χ1n) is 5.89. The number of amides is 2. The van der Waals surface area contributed by atoms with Crippen LogP contribution in [0.4, 0.5) is 5.69 Å². The van der Waals surface area contributed by atoms with Crippen LogP contribution < -0.4 is 15.4 Å². The minimum Gasteiger partial charge on any atom is -0.457 e. The van der Waals surface area contributed by atoms with Crippen molar-refractivity contribution in [1.29, 1.82) is 0 Å². The van der Waals surface area contributed by atoms with E-state index < -0.39 is 0 Å². The van der Waals surface area contributed by atoms with Crippen molar-refractivity contribution in [3.63, 3.8) is 0 Å². The molecule has 2 N–H and O–H groups in total. The Labute approximate surface area is 115 Å². The number of hydrogen-bond acceptors (Lipinski definition) is 4. The highest BCUT2D eigenvalue weighted by atomic mass is 16.5. The fourth-order valence-electron chi connectivity index (χ4n) is 1.55. The van der Waals surface area contributed by atoms with Gasteiger partial charge in [-0.05, 0) is 30.3 Å². The van der Waals surface area contributed by atoms with Crippen LogP contribution in [-0.4, -0.2) is 24.3 Å². The van der Waals surface area contributed by atoms with Crippen molar-refractivity contribution in [2.75, 3.05) is 12.4 Å². The second-order valence-electron chi connectivity index (χ2n) is 3.84. The Hall–Kier alpha value is -2.89. The largest absolute Gasteiger partial charge is 0.457 e. The third-order valence-electron chi connectivity index (χ3n) is 2.51. The van der Waals surface area contributed by atoms with Gasteiger partial charge in [-0.25, -0.2) is 0 Å². The fourth-order valence-corrected chi connectivity index (χ4v) is 1.55. The number of anilines is 1. The number of carbonyl (C=O) groups excluding carboxylic acids is 2. The Morgan fingerprint density at radius 1 is 1.20 bits per heavy atom. The molecule has 0 radical (unpaired) electrons. The van der Waals surface area contributed by atoms with Crippen LogP contribution in [0.2, 0.25) is 0 Å². The van der Waals surface area contributed by atoms with Gasteiger partial charge < -0.3 is 15.4 Å². The molecule has 0 bridgehead atoms. The van der Waals surface area contributed by atoms with E-state index in [1.54, 1.807) is 36.4 Å². The Balaban J connectivity index is 2.13. The van der Waals surface area contributed by atoms with Crippen LogP contribution in [0.15, 0.2) is 42.6 Å². The molecule has 0 saturated heterocycles. The maximum absolute atomic E-state index is 11.5. The van der Waals surface area contributed by atoms with Crippen LogP contribution in [-0.2, 0) is 4.79 Å². The summed E-state index contributed by atoms with van der Waals surface area (Å²) in [5.41, 5.74) is 0.956. The zero-order chi connectivity index (χ0) is 14.4. The number of carbonyl (C=O) groups is 2. The van der Waals surface area contributed by atoms with Crippen molar-refractivity contribution >= 4 is 18.0 Å². The lowest BCUT2D eigenvalue weighted by atomic mass is 10.3. The van der Waals surface area contributed by atoms with Crippen LogP contribution in [0.1, 0.15) is 10.5 Å². The lowest BCUT2D eigenvalue weighted by Gasteiger charge is -2.07. The van der Waals surface area contributed by atoms with E-state index in [0.29, 0.717) is 23.6 Å². The van der Waals surface area contributed by atoms with Gasteiger partial charge in [0.15, 0.2) is 0 Å². The van der Waals surface area contributed by atoms with Crippen LogP contribution in [0.3, 0.4) is 0 Å². The maximum Gasteiger partial charge on any atom is 0.269 e. The monoisotopic (exact) mass is 271 g/mol. The summed E-state index contributed by atoms with van der Waals surface area (Å²) in [4.78, 5) is 25.7. The molecule has 0 fully saturated rings. The Kier molecular flexibility index (Phi) is 4.28. The van der Waals surface area contributed by atoms with Gasteiger partial charge in [0.1, 0.15) is 17.2 Å². The van der Waals surface area contributed by atoms with Gasteiger partial charge in [-0.3, -0.25) is 14.6 Å². The second-order valence-corrected chi connectivity index (χ2v) is 3.84. The summed E-state index contributed by atoms with van der Waals surface area (Å²) >= 11 is 0. The van der Waals surface area contributed by atoms with Crippen LogP contribution >= 0.6 is 0 Å². The summed E-state index contributed by atoms with van der Waals surface area (Å²) in [7, 11) is 1.54. The van der Waals surface area contributed by atoms with Crippen LogP contribution in [0, 0.1) is 0 Å². The number of pyridine rings is 1. The zero-order valence-electron chi connectivity index (χ0n) is 10.8. The van der Waals surface area contributed by atoms with E-state index in [2.05, 4.69) is 15.6 Å². The van der Waals surface area contributed by atoms with Gasteiger partial charge in [-0.15, -0.1) is 0 Å². The third kappa shape index (κ3) is 3.32. The minimum absolute atomic E-state index is 0.277. The molecule has 6 heteroatoms. The van der Waals surface area contributed by atoms with Crippen LogP contribution in [0.25, 0.3) is 0 Å². The van der Waals surface area contributed by atoms with Gasteiger partial charge in [-0.1, -0.05) is 0 Å². The first kappa shape index (κ1) is 13.5. The van der Waals surface area contributed by atoms with Gasteiger partial charge in [0, 0.05) is 25.0 Å². The lowest BCUT2D eigenvalue weighted by molar-refractivity contribution is -0.105. The summed E-state index contributed by atoms with van der Waals surface area (Å²) in [6.07, 6.45) is 2.11. The normalized spacial score (nSPS) is 9.65. The molecule has 0 saturated carbocycles. The van der Waals surface area contributed by atoms with Crippen molar-refractivity contribution in [3.8, 4) is 11.5 Å². The molecular weight excluding hydrogens is 258 g/mol. The van der Waals surface area contributed by atoms with E-state index in [4.69, 9.17) is 4.74 Å². The van der Waals surface area contributed by atoms with Crippen molar-refractivity contribution in [1.82, 2.24) is 10.3 Å². The maximum atomic E-state index is 11.5. The molecule has 102 valence electrons. The molecule has 6 nitrogen and oxygen atoms in total. The predicted molar refractivity (Wildman–Crippen MR) is 73.8 cm³/mol. The Morgan fingerprint density at radius 2 is 1.95 bits per heavy atom. The predicted octanol–water partition coefficient (Wildman–Crippen LogP) is 1.80. The second kappa shape index (κ2) is 6.33. The van der Waals surface area contributed by atoms with E-state index in [9.17, 15) is 9.59 Å². The van der Waals surface area contributed by atoms with E-state index in [-0.39, 0.29) is 11.6 Å². The average molecular weight is 271 g/mol. The molecule has 0 unspecified atom stereocenters. The number of rotatable bonds is 5. The molecule has 2 rings (SSSR count). The van der Waals surface area contributed by atoms with Crippen molar-refractivity contribution in [3.05, 3.63) is 48.3 Å². The van der Waals surface area contributed by atoms with Crippen molar-refractivity contribution in [2.45, 2.75) is 0 Å². The molecule has 1 heterocycles. The summed E-state index contributed by atoms with van der Waals surface area (Å²) < 4.78 is 5.61. The van der Waals surface area contributed by atoms with Crippen LogP contribution in [0.5, 0.6) is 11.5 Å². The molecule has 0 atom stereocenters. The molecule has 1 aromatic carbocycles. The smallest absolute Gasteiger partial charge is 0.269 e. The Bertz CT molecular complexity index is 611. The topological polar surface area (TPSA) is 80.3 Å². The molecule has 2 amide bonds. The summed E-state index contributed by atoms with van der Waals surface area (Å²) in [5, 5.41) is 5.03. The highest BCUT2D eigenvalue weighted by molar-refractivity contribution is 5.92. The number of aromatic nitrogens is 1. The Morgan fingerprint density at radius 3 is 2.60 bits per heavy atom. The van der Waals surface area contributed by atoms with Gasteiger partial charge >= 0.3 is 0 Å². The first-order chi connectivity index (χ1) is 9.72. The molecule has 0 spiro atoms. The van der Waals surface area contributed by atoms with Gasteiger partial charge in [0.25, 0.3) is 5.91 Å². The minimum atomic E-state index is -0.277. The van der Waals surface area contributed by atoms with E-state index in [1.165, 1.54) is 13.2 Å². The molecular formula is C14H13N3O3. The highest BCUT2D eigenvalue weighted by Crippen LogP contribution is 2.22. The fraction of sp³-hybridized carbons (Fsp3) is 0.0714. The van der Waals surface area contributed by atoms with E-state index >= 15 is 0 Å². The van der Waals surface area contributed by atoms with E-state index in [0.717, 1.165) is 0 Å². The van der Waals surface area contributed by atoms with Crippen molar-refractivity contribution < 1.29 is 14.3 Å². The number of nitrogens with one attached hydrogen (secondary N) is 2. The molecule has 1 aromatic heterocycles. The SMILES string of the molecule is CNC(=O)c1cc(Oc2ccc(NC=O)cc2)ccn1. The van der Waals surface area contributed by atoms with Gasteiger partial charge in [0.2, 0.25) is 6.41 Å². The first-order valence-corrected chi connectivity index (χ1v) is 5.89. The molecule has 0 aliphatic heterocycles. The highest BCUT2D eigenvalue weighted by Gasteiger charge is 2.06.